The van der Waals surface area contributed by atoms with Crippen LogP contribution in [0.3, 0.4) is 0 Å². The third-order valence-electron chi connectivity index (χ3n) is 4.85. The molecule has 0 radical (unpaired) electrons. The highest BCUT2D eigenvalue weighted by Gasteiger charge is 2.15. The van der Waals surface area contributed by atoms with Gasteiger partial charge in [0.1, 0.15) is 17.8 Å². The number of nitrogens with zero attached hydrogens (tertiary/aromatic N) is 4. The summed E-state index contributed by atoms with van der Waals surface area (Å²) in [5.74, 6) is 0.387. The van der Waals surface area contributed by atoms with Gasteiger partial charge in [0.2, 0.25) is 5.91 Å². The average Bonchev–Trinajstić information content (AvgIpc) is 3.46. The molecule has 3 aromatic heterocycles. The van der Waals surface area contributed by atoms with Crippen LogP contribution < -0.4 is 10.1 Å². The molecule has 4 aromatic rings. The van der Waals surface area contributed by atoms with E-state index in [2.05, 4.69) is 15.4 Å². The van der Waals surface area contributed by atoms with Crippen LogP contribution in [0.1, 0.15) is 15.9 Å². The molecule has 0 aliphatic carbocycles. The molecule has 0 saturated carbocycles. The second-order valence-electron chi connectivity index (χ2n) is 6.97. The molecule has 2 amide bonds. The lowest BCUT2D eigenvalue weighted by molar-refractivity contribution is -0.131. The minimum absolute atomic E-state index is 0.0666. The number of pyridine rings is 1. The Labute approximate surface area is 183 Å². The molecule has 1 aromatic carbocycles. The summed E-state index contributed by atoms with van der Waals surface area (Å²) in [4.78, 5) is 30.9. The van der Waals surface area contributed by atoms with E-state index in [1.54, 1.807) is 42.9 Å². The van der Waals surface area contributed by atoms with Gasteiger partial charge in [-0.2, -0.15) is 16.4 Å². The van der Waals surface area contributed by atoms with Crippen molar-refractivity contribution in [1.82, 2.24) is 19.7 Å². The first-order valence-corrected chi connectivity index (χ1v) is 10.5. The Hall–Kier alpha value is -3.72. The number of aromatic nitrogens is 3. The van der Waals surface area contributed by atoms with Crippen LogP contribution in [0.25, 0.3) is 10.9 Å². The maximum absolute atomic E-state index is 12.7. The molecule has 158 valence electrons. The number of benzene rings is 1. The normalized spacial score (nSPS) is 10.8. The Morgan fingerprint density at radius 2 is 2.13 bits per heavy atom. The summed E-state index contributed by atoms with van der Waals surface area (Å²) in [6, 6.07) is 9.38. The van der Waals surface area contributed by atoms with E-state index in [1.165, 1.54) is 22.2 Å². The van der Waals surface area contributed by atoms with Gasteiger partial charge < -0.3 is 15.0 Å². The lowest BCUT2D eigenvalue weighted by atomic mass is 10.1. The second kappa shape index (κ2) is 8.97. The van der Waals surface area contributed by atoms with E-state index in [9.17, 15) is 9.59 Å². The monoisotopic (exact) mass is 435 g/mol. The molecule has 0 bridgehead atoms. The Morgan fingerprint density at radius 1 is 1.26 bits per heavy atom. The molecule has 0 fully saturated rings. The highest BCUT2D eigenvalue weighted by atomic mass is 32.1. The van der Waals surface area contributed by atoms with Gasteiger partial charge >= 0.3 is 0 Å². The summed E-state index contributed by atoms with van der Waals surface area (Å²) in [6.45, 7) is 0.491. The van der Waals surface area contributed by atoms with Crippen LogP contribution in [0.15, 0.2) is 59.7 Å². The topological polar surface area (TPSA) is 89.4 Å². The third kappa shape index (κ3) is 4.56. The summed E-state index contributed by atoms with van der Waals surface area (Å²) in [7, 11) is 3.36. The minimum atomic E-state index is -0.204. The van der Waals surface area contributed by atoms with Crippen LogP contribution in [0.4, 0.5) is 5.69 Å². The van der Waals surface area contributed by atoms with Crippen LogP contribution in [0, 0.1) is 0 Å². The Balaban J connectivity index is 1.41. The van der Waals surface area contributed by atoms with Crippen molar-refractivity contribution in [2.45, 2.75) is 13.1 Å². The van der Waals surface area contributed by atoms with Crippen molar-refractivity contribution >= 4 is 39.7 Å². The lowest BCUT2D eigenvalue weighted by Crippen LogP contribution is -2.30. The fourth-order valence-corrected chi connectivity index (χ4v) is 3.86. The van der Waals surface area contributed by atoms with Crippen LogP contribution in [0.2, 0.25) is 0 Å². The number of carbonyl (C=O) groups excluding carboxylic acids is 2. The van der Waals surface area contributed by atoms with Crippen molar-refractivity contribution < 1.29 is 14.3 Å². The number of nitrogens with one attached hydrogen (secondary N) is 1. The first-order chi connectivity index (χ1) is 15.0. The molecule has 0 atom stereocenters. The largest absolute Gasteiger partial charge is 0.494 e. The highest BCUT2D eigenvalue weighted by Crippen LogP contribution is 2.27. The maximum atomic E-state index is 12.7. The predicted octanol–water partition coefficient (Wildman–Crippen LogP) is 3.41. The Morgan fingerprint density at radius 3 is 2.90 bits per heavy atom. The van der Waals surface area contributed by atoms with E-state index >= 15 is 0 Å². The Kier molecular flexibility index (Phi) is 5.94. The van der Waals surface area contributed by atoms with Gasteiger partial charge in [-0.1, -0.05) is 12.1 Å². The molecule has 0 aliphatic rings. The summed E-state index contributed by atoms with van der Waals surface area (Å²) < 4.78 is 6.89. The summed E-state index contributed by atoms with van der Waals surface area (Å²) in [5.41, 5.74) is 2.87. The molecule has 3 heterocycles. The van der Waals surface area contributed by atoms with E-state index in [1.807, 2.05) is 29.6 Å². The molecule has 4 rings (SSSR count). The van der Waals surface area contributed by atoms with Crippen molar-refractivity contribution in [3.8, 4) is 5.75 Å². The Bertz CT molecular complexity index is 1220. The molecule has 1 N–H and O–H groups in total. The van der Waals surface area contributed by atoms with Crippen LogP contribution in [0.5, 0.6) is 5.75 Å². The van der Waals surface area contributed by atoms with Gasteiger partial charge in [0.25, 0.3) is 5.91 Å². The van der Waals surface area contributed by atoms with Crippen molar-refractivity contribution in [1.29, 1.82) is 0 Å². The van der Waals surface area contributed by atoms with Crippen molar-refractivity contribution in [2.75, 3.05) is 19.5 Å². The molecule has 0 spiro atoms. The zero-order chi connectivity index (χ0) is 21.8. The van der Waals surface area contributed by atoms with Crippen LogP contribution in [-0.4, -0.2) is 45.6 Å². The fourth-order valence-electron chi connectivity index (χ4n) is 3.22. The van der Waals surface area contributed by atoms with Gasteiger partial charge in [0, 0.05) is 36.8 Å². The number of thiophene rings is 1. The minimum Gasteiger partial charge on any atom is -0.494 e. The fraction of sp³-hybridized carbons (Fsp3) is 0.182. The van der Waals surface area contributed by atoms with Gasteiger partial charge in [0.15, 0.2) is 0 Å². The average molecular weight is 436 g/mol. The number of methoxy groups -OCH3 is 1. The van der Waals surface area contributed by atoms with E-state index in [-0.39, 0.29) is 18.4 Å². The molecular weight excluding hydrogens is 414 g/mol. The van der Waals surface area contributed by atoms with Crippen LogP contribution in [-0.2, 0) is 17.9 Å². The standard InChI is InChI=1S/C22H21N5O3S/c1-26(11-15-5-6-19(30-2)21-18(15)4-3-8-23-21)20(28)13-27-12-17(10-24-27)25-22(29)16-7-9-31-14-16/h3-10,12,14H,11,13H2,1-2H3,(H,25,29). The number of rotatable bonds is 7. The number of ether oxygens (including phenoxy) is 1. The quantitative estimate of drug-likeness (QED) is 0.481. The van der Waals surface area contributed by atoms with Gasteiger partial charge in [0.05, 0.1) is 24.6 Å². The number of fused-ring (bicyclic) bond motifs is 1. The smallest absolute Gasteiger partial charge is 0.256 e. The third-order valence-corrected chi connectivity index (χ3v) is 5.53. The zero-order valence-electron chi connectivity index (χ0n) is 17.1. The van der Waals surface area contributed by atoms with Gasteiger partial charge in [-0.3, -0.25) is 19.3 Å². The van der Waals surface area contributed by atoms with E-state index in [4.69, 9.17) is 4.74 Å². The number of amides is 2. The van der Waals surface area contributed by atoms with Gasteiger partial charge in [-0.05, 0) is 29.1 Å². The molecule has 0 unspecified atom stereocenters. The SMILES string of the molecule is COc1ccc(CN(C)C(=O)Cn2cc(NC(=O)c3ccsc3)cn2)c2cccnc12. The number of anilines is 1. The number of hydrogen-bond acceptors (Lipinski definition) is 6. The number of likely N-dealkylation sites (N-methyl/N-ethyl adjacent to an activating group) is 1. The second-order valence-corrected chi connectivity index (χ2v) is 7.75. The summed E-state index contributed by atoms with van der Waals surface area (Å²) in [6.07, 6.45) is 4.89. The van der Waals surface area contributed by atoms with Crippen molar-refractivity contribution in [3.05, 3.63) is 70.8 Å². The summed E-state index contributed by atoms with van der Waals surface area (Å²) >= 11 is 1.46. The molecule has 31 heavy (non-hydrogen) atoms. The van der Waals surface area contributed by atoms with E-state index in [0.717, 1.165) is 16.5 Å². The van der Waals surface area contributed by atoms with Gasteiger partial charge in [-0.25, -0.2) is 0 Å². The first kappa shape index (κ1) is 20.5. The first-order valence-electron chi connectivity index (χ1n) is 9.55. The molecule has 0 aliphatic heterocycles. The number of carbonyl (C=O) groups is 2. The van der Waals surface area contributed by atoms with Crippen molar-refractivity contribution in [2.24, 2.45) is 0 Å². The lowest BCUT2D eigenvalue weighted by Gasteiger charge is -2.19. The van der Waals surface area contributed by atoms with Crippen molar-refractivity contribution in [3.63, 3.8) is 0 Å². The maximum Gasteiger partial charge on any atom is 0.256 e. The molecule has 0 saturated heterocycles. The summed E-state index contributed by atoms with van der Waals surface area (Å²) in [5, 5.41) is 11.5. The molecular formula is C22H21N5O3S. The zero-order valence-corrected chi connectivity index (χ0v) is 17.9. The van der Waals surface area contributed by atoms with E-state index < -0.39 is 0 Å². The molecule has 9 heteroatoms. The molecule has 8 nitrogen and oxygen atoms in total. The number of hydrogen-bond donors (Lipinski definition) is 1. The predicted molar refractivity (Wildman–Crippen MR) is 119 cm³/mol. The van der Waals surface area contributed by atoms with Gasteiger partial charge in [-0.15, -0.1) is 0 Å². The van der Waals surface area contributed by atoms with Crippen LogP contribution >= 0.6 is 11.3 Å². The highest BCUT2D eigenvalue weighted by molar-refractivity contribution is 7.08. The van der Waals surface area contributed by atoms with E-state index in [0.29, 0.717) is 23.5 Å².